The van der Waals surface area contributed by atoms with E-state index in [1.54, 1.807) is 6.92 Å². The number of nitrogens with one attached hydrogen (secondary N) is 1. The Balaban J connectivity index is 3.20. The average molecular weight is 311 g/mol. The van der Waals surface area contributed by atoms with Crippen LogP contribution in [0.4, 0.5) is 0 Å². The maximum Gasteiger partial charge on any atom is 0.327 e. The van der Waals surface area contributed by atoms with Crippen molar-refractivity contribution >= 4 is 30.3 Å². The molecule has 1 rings (SSSR count). The summed E-state index contributed by atoms with van der Waals surface area (Å²) in [4.78, 5) is 34.8. The van der Waals surface area contributed by atoms with Gasteiger partial charge in [-0.3, -0.25) is 9.59 Å². The molecule has 1 amide bonds. The number of carbonyl (C=O) groups is 3. The summed E-state index contributed by atoms with van der Waals surface area (Å²) in [5.74, 6) is -1.63. The fraction of sp³-hybridized carbons (Fsp3) is 0.357. The van der Waals surface area contributed by atoms with Gasteiger partial charge in [0.25, 0.3) is 5.91 Å². The molecule has 0 fully saturated rings. The van der Waals surface area contributed by atoms with Gasteiger partial charge in [-0.2, -0.15) is 12.6 Å². The third-order valence-electron chi connectivity index (χ3n) is 3.03. The van der Waals surface area contributed by atoms with Crippen LogP contribution in [-0.2, 0) is 4.79 Å². The van der Waals surface area contributed by atoms with E-state index in [0.717, 1.165) is 0 Å². The molecular weight excluding hydrogens is 294 g/mol. The van der Waals surface area contributed by atoms with E-state index in [1.165, 1.54) is 26.2 Å². The van der Waals surface area contributed by atoms with Crippen LogP contribution in [0.1, 0.15) is 33.2 Å². The zero-order chi connectivity index (χ0) is 16.2. The molecule has 0 heterocycles. The maximum atomic E-state index is 12.2. The number of Topliss-reactive ketones (excluding diaryl/α,β-unsaturated/α-hetero) is 1. The second-order valence-electron chi connectivity index (χ2n) is 4.42. The SMILES string of the molecule is COc1ccc(C(=O)NC(CS)C(=O)O)c(C)c1C(C)=O. The van der Waals surface area contributed by atoms with Gasteiger partial charge in [0.1, 0.15) is 11.8 Å². The zero-order valence-corrected chi connectivity index (χ0v) is 12.9. The third kappa shape index (κ3) is 3.75. The Labute approximate surface area is 127 Å². The van der Waals surface area contributed by atoms with Crippen molar-refractivity contribution in [1.82, 2.24) is 5.32 Å². The Morgan fingerprint density at radius 1 is 1.38 bits per heavy atom. The minimum absolute atomic E-state index is 0.0319. The molecule has 1 atom stereocenters. The fourth-order valence-corrected chi connectivity index (χ4v) is 2.21. The number of carboxylic acid groups (broad SMARTS) is 1. The molecule has 0 saturated heterocycles. The largest absolute Gasteiger partial charge is 0.496 e. The molecule has 7 heteroatoms. The van der Waals surface area contributed by atoms with E-state index in [-0.39, 0.29) is 17.1 Å². The molecule has 6 nitrogen and oxygen atoms in total. The highest BCUT2D eigenvalue weighted by molar-refractivity contribution is 7.80. The molecule has 21 heavy (non-hydrogen) atoms. The van der Waals surface area contributed by atoms with Crippen LogP contribution in [0.25, 0.3) is 0 Å². The Morgan fingerprint density at radius 2 is 2.00 bits per heavy atom. The summed E-state index contributed by atoms with van der Waals surface area (Å²) < 4.78 is 5.10. The lowest BCUT2D eigenvalue weighted by Gasteiger charge is -2.16. The highest BCUT2D eigenvalue weighted by atomic mass is 32.1. The van der Waals surface area contributed by atoms with Crippen LogP contribution in [-0.4, -0.2) is 41.7 Å². The number of benzene rings is 1. The lowest BCUT2D eigenvalue weighted by Crippen LogP contribution is -2.42. The van der Waals surface area contributed by atoms with Crippen molar-refractivity contribution in [2.45, 2.75) is 19.9 Å². The Morgan fingerprint density at radius 3 is 2.43 bits per heavy atom. The number of ether oxygens (including phenoxy) is 1. The molecule has 114 valence electrons. The standard InChI is InChI=1S/C14H17NO5S/c1-7-9(13(17)15-10(6-21)14(18)19)4-5-11(20-3)12(7)8(2)16/h4-5,10,21H,6H2,1-3H3,(H,15,17)(H,18,19). The van der Waals surface area contributed by atoms with E-state index in [9.17, 15) is 14.4 Å². The van der Waals surface area contributed by atoms with Gasteiger partial charge in [0.15, 0.2) is 5.78 Å². The number of thiol groups is 1. The quantitative estimate of drug-likeness (QED) is 0.544. The average Bonchev–Trinajstić information content (AvgIpc) is 2.42. The minimum atomic E-state index is -1.17. The zero-order valence-electron chi connectivity index (χ0n) is 12.0. The van der Waals surface area contributed by atoms with Gasteiger partial charge < -0.3 is 15.2 Å². The number of ketones is 1. The van der Waals surface area contributed by atoms with E-state index in [1.807, 2.05) is 0 Å². The van der Waals surface area contributed by atoms with E-state index in [0.29, 0.717) is 16.9 Å². The summed E-state index contributed by atoms with van der Waals surface area (Å²) in [5, 5.41) is 11.3. The Bertz CT molecular complexity index is 585. The number of amides is 1. The first-order valence-electron chi connectivity index (χ1n) is 6.16. The minimum Gasteiger partial charge on any atom is -0.496 e. The number of rotatable bonds is 6. The van der Waals surface area contributed by atoms with Crippen molar-refractivity contribution in [3.8, 4) is 5.75 Å². The van der Waals surface area contributed by atoms with E-state index in [2.05, 4.69) is 17.9 Å². The number of carbonyl (C=O) groups excluding carboxylic acids is 2. The smallest absolute Gasteiger partial charge is 0.327 e. The van der Waals surface area contributed by atoms with Crippen LogP contribution >= 0.6 is 12.6 Å². The molecular formula is C14H17NO5S. The summed E-state index contributed by atoms with van der Waals surface area (Å²) in [6.45, 7) is 2.99. The highest BCUT2D eigenvalue weighted by Gasteiger charge is 2.22. The van der Waals surface area contributed by atoms with Crippen molar-refractivity contribution in [3.05, 3.63) is 28.8 Å². The van der Waals surface area contributed by atoms with Gasteiger partial charge in [0.05, 0.1) is 12.7 Å². The van der Waals surface area contributed by atoms with Crippen molar-refractivity contribution in [2.24, 2.45) is 0 Å². The number of aliphatic carboxylic acids is 1. The van der Waals surface area contributed by atoms with Crippen molar-refractivity contribution < 1.29 is 24.2 Å². The third-order valence-corrected chi connectivity index (χ3v) is 3.39. The van der Waals surface area contributed by atoms with Gasteiger partial charge in [-0.25, -0.2) is 4.79 Å². The lowest BCUT2D eigenvalue weighted by molar-refractivity contribution is -0.138. The molecule has 0 aromatic heterocycles. The first kappa shape index (κ1) is 17.0. The molecule has 0 radical (unpaired) electrons. The van der Waals surface area contributed by atoms with Gasteiger partial charge in [-0.05, 0) is 31.5 Å². The predicted molar refractivity (Wildman–Crippen MR) is 80.5 cm³/mol. The summed E-state index contributed by atoms with van der Waals surface area (Å²) in [6, 6.07) is 1.91. The molecule has 0 aliphatic rings. The van der Waals surface area contributed by atoms with Gasteiger partial charge in [-0.1, -0.05) is 0 Å². The predicted octanol–water partition coefficient (Wildman–Crippen LogP) is 1.32. The van der Waals surface area contributed by atoms with Gasteiger partial charge in [-0.15, -0.1) is 0 Å². The first-order chi connectivity index (χ1) is 9.83. The monoisotopic (exact) mass is 311 g/mol. The second-order valence-corrected chi connectivity index (χ2v) is 4.78. The number of hydrogen-bond donors (Lipinski definition) is 3. The number of carboxylic acids is 1. The summed E-state index contributed by atoms with van der Waals surface area (Å²) in [5.41, 5.74) is 0.986. The molecule has 1 aromatic rings. The van der Waals surface area contributed by atoms with Gasteiger partial charge in [0.2, 0.25) is 0 Å². The van der Waals surface area contributed by atoms with Crippen molar-refractivity contribution in [2.75, 3.05) is 12.9 Å². The van der Waals surface area contributed by atoms with Crippen molar-refractivity contribution in [1.29, 1.82) is 0 Å². The molecule has 2 N–H and O–H groups in total. The van der Waals surface area contributed by atoms with Gasteiger partial charge >= 0.3 is 5.97 Å². The molecule has 0 saturated carbocycles. The van der Waals surface area contributed by atoms with Crippen molar-refractivity contribution in [3.63, 3.8) is 0 Å². The Kier molecular flexibility index (Phi) is 5.78. The van der Waals surface area contributed by atoms with Crippen LogP contribution in [0.15, 0.2) is 12.1 Å². The van der Waals surface area contributed by atoms with Gasteiger partial charge in [0, 0.05) is 11.3 Å². The topological polar surface area (TPSA) is 92.7 Å². The normalized spacial score (nSPS) is 11.6. The van der Waals surface area contributed by atoms with Crippen LogP contribution in [0.5, 0.6) is 5.75 Å². The fourth-order valence-electron chi connectivity index (χ4n) is 1.96. The number of hydrogen-bond acceptors (Lipinski definition) is 5. The first-order valence-corrected chi connectivity index (χ1v) is 6.79. The van der Waals surface area contributed by atoms with Crippen LogP contribution in [0.2, 0.25) is 0 Å². The molecule has 0 spiro atoms. The summed E-state index contributed by atoms with van der Waals surface area (Å²) in [7, 11) is 1.43. The maximum absolute atomic E-state index is 12.2. The van der Waals surface area contributed by atoms with E-state index >= 15 is 0 Å². The summed E-state index contributed by atoms with van der Waals surface area (Å²) >= 11 is 3.88. The van der Waals surface area contributed by atoms with E-state index in [4.69, 9.17) is 9.84 Å². The number of methoxy groups -OCH3 is 1. The van der Waals surface area contributed by atoms with Crippen LogP contribution < -0.4 is 10.1 Å². The van der Waals surface area contributed by atoms with Crippen LogP contribution in [0, 0.1) is 6.92 Å². The Hall–Kier alpha value is -2.02. The highest BCUT2D eigenvalue weighted by Crippen LogP contribution is 2.25. The summed E-state index contributed by atoms with van der Waals surface area (Å²) in [6.07, 6.45) is 0. The molecule has 0 aliphatic carbocycles. The van der Waals surface area contributed by atoms with E-state index < -0.39 is 17.9 Å². The molecule has 0 bridgehead atoms. The second kappa shape index (κ2) is 7.12. The van der Waals surface area contributed by atoms with Crippen LogP contribution in [0.3, 0.4) is 0 Å². The molecule has 0 aliphatic heterocycles. The molecule has 1 unspecified atom stereocenters. The lowest BCUT2D eigenvalue weighted by atomic mass is 9.98. The molecule has 1 aromatic carbocycles.